The Labute approximate surface area is 113 Å². The summed E-state index contributed by atoms with van der Waals surface area (Å²) in [5.74, 6) is -0.0452. The van der Waals surface area contributed by atoms with Crippen molar-refractivity contribution >= 4 is 11.6 Å². The van der Waals surface area contributed by atoms with Crippen molar-refractivity contribution in [1.82, 2.24) is 4.90 Å². The van der Waals surface area contributed by atoms with Gasteiger partial charge in [0.25, 0.3) is 5.91 Å². The van der Waals surface area contributed by atoms with Gasteiger partial charge in [-0.05, 0) is 37.0 Å². The fourth-order valence-electron chi connectivity index (χ4n) is 2.90. The minimum Gasteiger partial charge on any atom is -0.396 e. The fourth-order valence-corrected chi connectivity index (χ4v) is 2.90. The van der Waals surface area contributed by atoms with Gasteiger partial charge in [-0.3, -0.25) is 4.79 Å². The van der Waals surface area contributed by atoms with Crippen molar-refractivity contribution in [2.75, 3.05) is 12.8 Å². The number of hydrogen-bond donors (Lipinski definition) is 1. The predicted octanol–water partition coefficient (Wildman–Crippen LogP) is 3.06. The van der Waals surface area contributed by atoms with Gasteiger partial charge in [0.15, 0.2) is 0 Å². The van der Waals surface area contributed by atoms with Crippen LogP contribution in [0.5, 0.6) is 0 Å². The summed E-state index contributed by atoms with van der Waals surface area (Å²) < 4.78 is 13.1. The molecule has 0 bridgehead atoms. The molecule has 104 valence electrons. The third kappa shape index (κ3) is 2.88. The lowest BCUT2D eigenvalue weighted by Gasteiger charge is -2.36. The van der Waals surface area contributed by atoms with Crippen LogP contribution in [0.4, 0.5) is 10.1 Å². The summed E-state index contributed by atoms with van der Waals surface area (Å²) in [5, 5.41) is 0. The highest BCUT2D eigenvalue weighted by Crippen LogP contribution is 2.28. The lowest BCUT2D eigenvalue weighted by Crippen LogP contribution is -2.42. The molecule has 0 saturated heterocycles. The Morgan fingerprint density at radius 2 is 2.05 bits per heavy atom. The quantitative estimate of drug-likeness (QED) is 0.834. The average Bonchev–Trinajstić information content (AvgIpc) is 2.41. The van der Waals surface area contributed by atoms with E-state index in [9.17, 15) is 9.18 Å². The predicted molar refractivity (Wildman–Crippen MR) is 74.3 cm³/mol. The minimum absolute atomic E-state index is 0.0240. The molecule has 1 aromatic rings. The molecule has 1 saturated carbocycles. The lowest BCUT2D eigenvalue weighted by atomic mass is 9.85. The second-order valence-electron chi connectivity index (χ2n) is 5.48. The Bertz CT molecular complexity index is 475. The molecule has 0 aliphatic heterocycles. The van der Waals surface area contributed by atoms with Crippen LogP contribution in [-0.2, 0) is 0 Å². The second-order valence-corrected chi connectivity index (χ2v) is 5.48. The van der Waals surface area contributed by atoms with Crippen molar-refractivity contribution < 1.29 is 9.18 Å². The summed E-state index contributed by atoms with van der Waals surface area (Å²) in [5.41, 5.74) is 6.00. The van der Waals surface area contributed by atoms with Gasteiger partial charge in [-0.15, -0.1) is 0 Å². The maximum atomic E-state index is 13.1. The summed E-state index contributed by atoms with van der Waals surface area (Å²) >= 11 is 0. The molecule has 2 N–H and O–H groups in total. The molecular weight excluding hydrogens is 243 g/mol. The topological polar surface area (TPSA) is 46.3 Å². The number of nitrogens with zero attached hydrogens (tertiary/aromatic N) is 1. The summed E-state index contributed by atoms with van der Waals surface area (Å²) in [4.78, 5) is 14.2. The Kier molecular flexibility index (Phi) is 4.08. The van der Waals surface area contributed by atoms with Crippen LogP contribution in [0.3, 0.4) is 0 Å². The zero-order chi connectivity index (χ0) is 14.0. The first kappa shape index (κ1) is 13.8. The molecule has 0 radical (unpaired) electrons. The van der Waals surface area contributed by atoms with E-state index in [0.29, 0.717) is 11.5 Å². The van der Waals surface area contributed by atoms with Crippen LogP contribution in [-0.4, -0.2) is 23.9 Å². The summed E-state index contributed by atoms with van der Waals surface area (Å²) in [7, 11) is 1.83. The number of nitrogen functional groups attached to an aromatic ring is 1. The Morgan fingerprint density at radius 1 is 1.37 bits per heavy atom. The summed E-state index contributed by atoms with van der Waals surface area (Å²) in [6, 6.07) is 4.44. The number of carbonyl (C=O) groups is 1. The van der Waals surface area contributed by atoms with Gasteiger partial charge in [-0.1, -0.05) is 19.8 Å². The number of anilines is 1. The molecule has 1 aromatic carbocycles. The Balaban J connectivity index is 2.15. The van der Waals surface area contributed by atoms with Crippen LogP contribution < -0.4 is 5.73 Å². The van der Waals surface area contributed by atoms with E-state index >= 15 is 0 Å². The number of amides is 1. The molecule has 2 atom stereocenters. The first-order valence-electron chi connectivity index (χ1n) is 6.83. The number of hydrogen-bond acceptors (Lipinski definition) is 2. The minimum atomic E-state index is -0.481. The maximum absolute atomic E-state index is 13.1. The molecule has 1 aliphatic rings. The van der Waals surface area contributed by atoms with Crippen molar-refractivity contribution in [2.45, 2.75) is 38.6 Å². The largest absolute Gasteiger partial charge is 0.396 e. The van der Waals surface area contributed by atoms with E-state index in [-0.39, 0.29) is 17.6 Å². The van der Waals surface area contributed by atoms with E-state index in [2.05, 4.69) is 6.92 Å². The molecular formula is C15H21FN2O. The van der Waals surface area contributed by atoms with Gasteiger partial charge in [0, 0.05) is 18.7 Å². The maximum Gasteiger partial charge on any atom is 0.253 e. The zero-order valence-corrected chi connectivity index (χ0v) is 11.5. The summed E-state index contributed by atoms with van der Waals surface area (Å²) in [6.45, 7) is 2.19. The van der Waals surface area contributed by atoms with Gasteiger partial charge in [-0.2, -0.15) is 0 Å². The van der Waals surface area contributed by atoms with Crippen LogP contribution in [0.15, 0.2) is 18.2 Å². The van der Waals surface area contributed by atoms with Crippen LogP contribution >= 0.6 is 0 Å². The fraction of sp³-hybridized carbons (Fsp3) is 0.533. The number of carbonyl (C=O) groups excluding carboxylic acids is 1. The number of halogens is 1. The number of benzene rings is 1. The van der Waals surface area contributed by atoms with Gasteiger partial charge in [0.05, 0.1) is 5.69 Å². The van der Waals surface area contributed by atoms with E-state index in [1.807, 2.05) is 7.05 Å². The lowest BCUT2D eigenvalue weighted by molar-refractivity contribution is 0.0629. The smallest absolute Gasteiger partial charge is 0.253 e. The van der Waals surface area contributed by atoms with Gasteiger partial charge >= 0.3 is 0 Å². The van der Waals surface area contributed by atoms with Crippen LogP contribution in [0.25, 0.3) is 0 Å². The van der Waals surface area contributed by atoms with Crippen molar-refractivity contribution in [2.24, 2.45) is 5.92 Å². The molecule has 1 amide bonds. The molecule has 1 aliphatic carbocycles. The van der Waals surface area contributed by atoms with Gasteiger partial charge in [-0.25, -0.2) is 4.39 Å². The Hall–Kier alpha value is -1.58. The van der Waals surface area contributed by atoms with Crippen molar-refractivity contribution in [3.8, 4) is 0 Å². The normalized spacial score (nSPS) is 23.1. The molecule has 19 heavy (non-hydrogen) atoms. The molecule has 2 unspecified atom stereocenters. The van der Waals surface area contributed by atoms with Crippen LogP contribution in [0, 0.1) is 11.7 Å². The highest BCUT2D eigenvalue weighted by Gasteiger charge is 2.28. The average molecular weight is 264 g/mol. The molecule has 0 heterocycles. The molecule has 1 fully saturated rings. The molecule has 3 nitrogen and oxygen atoms in total. The van der Waals surface area contributed by atoms with Crippen molar-refractivity contribution in [3.05, 3.63) is 29.6 Å². The molecule has 0 spiro atoms. The third-order valence-electron chi connectivity index (χ3n) is 4.13. The van der Waals surface area contributed by atoms with Crippen molar-refractivity contribution in [1.29, 1.82) is 0 Å². The van der Waals surface area contributed by atoms with Gasteiger partial charge in [0.2, 0.25) is 0 Å². The van der Waals surface area contributed by atoms with Crippen molar-refractivity contribution in [3.63, 3.8) is 0 Å². The van der Waals surface area contributed by atoms with Crippen LogP contribution in [0.1, 0.15) is 43.0 Å². The molecule has 0 aromatic heterocycles. The van der Waals surface area contributed by atoms with Gasteiger partial charge < -0.3 is 10.6 Å². The van der Waals surface area contributed by atoms with E-state index < -0.39 is 5.82 Å². The molecule has 2 rings (SSSR count). The SMILES string of the molecule is CC1CCCCC1N(C)C(=O)c1ccc(F)c(N)c1. The third-order valence-corrected chi connectivity index (χ3v) is 4.13. The van der Waals surface area contributed by atoms with Gasteiger partial charge in [0.1, 0.15) is 5.82 Å². The second kappa shape index (κ2) is 5.59. The van der Waals surface area contributed by atoms with E-state index in [1.165, 1.54) is 24.6 Å². The zero-order valence-electron chi connectivity index (χ0n) is 11.5. The number of nitrogens with two attached hydrogens (primary N) is 1. The number of rotatable bonds is 2. The highest BCUT2D eigenvalue weighted by atomic mass is 19.1. The van der Waals surface area contributed by atoms with E-state index in [0.717, 1.165) is 19.3 Å². The monoisotopic (exact) mass is 264 g/mol. The van der Waals surface area contributed by atoms with E-state index in [1.54, 1.807) is 4.90 Å². The first-order chi connectivity index (χ1) is 9.00. The summed E-state index contributed by atoms with van der Waals surface area (Å²) in [6.07, 6.45) is 4.61. The standard InChI is InChI=1S/C15H21FN2O/c1-10-5-3-4-6-14(10)18(2)15(19)11-7-8-12(16)13(17)9-11/h7-10,14H,3-6,17H2,1-2H3. The van der Waals surface area contributed by atoms with Crippen LogP contribution in [0.2, 0.25) is 0 Å². The molecule has 4 heteroatoms. The van der Waals surface area contributed by atoms with E-state index in [4.69, 9.17) is 5.73 Å². The first-order valence-corrected chi connectivity index (χ1v) is 6.83. The Morgan fingerprint density at radius 3 is 2.68 bits per heavy atom. The highest BCUT2D eigenvalue weighted by molar-refractivity contribution is 5.95.